The molecular weight excluding hydrogens is 306 g/mol. The zero-order chi connectivity index (χ0) is 16.3. The quantitative estimate of drug-likeness (QED) is 0.818. The van der Waals surface area contributed by atoms with Crippen molar-refractivity contribution in [3.8, 4) is 0 Å². The summed E-state index contributed by atoms with van der Waals surface area (Å²) in [5.41, 5.74) is 0.306. The van der Waals surface area contributed by atoms with Gasteiger partial charge in [0, 0.05) is 18.5 Å². The second-order valence-corrected chi connectivity index (χ2v) is 7.90. The third-order valence-electron chi connectivity index (χ3n) is 3.88. The van der Waals surface area contributed by atoms with Crippen molar-refractivity contribution in [2.75, 3.05) is 12.8 Å². The summed E-state index contributed by atoms with van der Waals surface area (Å²) in [6.45, 7) is 4.29. The predicted octanol–water partition coefficient (Wildman–Crippen LogP) is 1.25. The Morgan fingerprint density at radius 2 is 2.18 bits per heavy atom. The molecule has 22 heavy (non-hydrogen) atoms. The Bertz CT molecular complexity index is 624. The van der Waals surface area contributed by atoms with Crippen molar-refractivity contribution in [1.29, 1.82) is 0 Å². The fourth-order valence-corrected chi connectivity index (χ4v) is 3.71. The molecule has 0 bridgehead atoms. The second kappa shape index (κ2) is 6.78. The molecule has 2 rings (SSSR count). The van der Waals surface area contributed by atoms with Crippen LogP contribution in [0, 0.1) is 5.92 Å². The Labute approximate surface area is 130 Å². The van der Waals surface area contributed by atoms with Gasteiger partial charge in [-0.05, 0) is 18.8 Å². The fourth-order valence-electron chi connectivity index (χ4n) is 2.85. The first kappa shape index (κ1) is 17.0. The number of carbonyl (C=O) groups is 1. The van der Waals surface area contributed by atoms with E-state index in [0.717, 1.165) is 25.5 Å². The highest BCUT2D eigenvalue weighted by atomic mass is 32.2. The molecule has 0 aliphatic heterocycles. The third kappa shape index (κ3) is 4.30. The number of amides is 1. The van der Waals surface area contributed by atoms with Gasteiger partial charge >= 0.3 is 0 Å². The number of sulfonamides is 1. The van der Waals surface area contributed by atoms with Crippen LogP contribution in [-0.2, 0) is 10.0 Å². The van der Waals surface area contributed by atoms with Gasteiger partial charge in [-0.15, -0.1) is 0 Å². The van der Waals surface area contributed by atoms with Crippen molar-refractivity contribution in [3.63, 3.8) is 0 Å². The highest BCUT2D eigenvalue weighted by molar-refractivity contribution is 7.88. The predicted molar refractivity (Wildman–Crippen MR) is 82.0 cm³/mol. The Balaban J connectivity index is 1.94. The largest absolute Gasteiger partial charge is 0.447 e. The lowest BCUT2D eigenvalue weighted by molar-refractivity contribution is 0.0939. The van der Waals surface area contributed by atoms with Crippen molar-refractivity contribution in [3.05, 3.63) is 17.8 Å². The molecule has 1 aliphatic rings. The number of carbonyl (C=O) groups excluding carboxylic acids is 1. The van der Waals surface area contributed by atoms with E-state index in [1.807, 2.05) is 13.8 Å². The van der Waals surface area contributed by atoms with Crippen molar-refractivity contribution < 1.29 is 17.6 Å². The Hall–Kier alpha value is -1.41. The number of aromatic nitrogens is 1. The van der Waals surface area contributed by atoms with E-state index < -0.39 is 10.0 Å². The lowest BCUT2D eigenvalue weighted by Crippen LogP contribution is -2.41. The smallest absolute Gasteiger partial charge is 0.273 e. The minimum absolute atomic E-state index is 0.0781. The van der Waals surface area contributed by atoms with Gasteiger partial charge in [-0.25, -0.2) is 18.1 Å². The van der Waals surface area contributed by atoms with E-state index in [1.54, 1.807) is 0 Å². The van der Waals surface area contributed by atoms with Crippen LogP contribution in [0.3, 0.4) is 0 Å². The monoisotopic (exact) mass is 329 g/mol. The summed E-state index contributed by atoms with van der Waals surface area (Å²) < 4.78 is 30.6. The molecule has 124 valence electrons. The Kier molecular flexibility index (Phi) is 5.23. The molecule has 2 atom stereocenters. The van der Waals surface area contributed by atoms with Gasteiger partial charge in [0.15, 0.2) is 12.1 Å². The molecule has 0 spiro atoms. The lowest BCUT2D eigenvalue weighted by Gasteiger charge is -2.20. The molecule has 1 aromatic heterocycles. The first-order valence-electron chi connectivity index (χ1n) is 7.47. The van der Waals surface area contributed by atoms with Crippen LogP contribution in [0.1, 0.15) is 55.3 Å². The summed E-state index contributed by atoms with van der Waals surface area (Å²) in [5.74, 6) is 0.472. The fraction of sp³-hybridized carbons (Fsp3) is 0.714. The average Bonchev–Trinajstić information content (AvgIpc) is 3.02. The summed E-state index contributed by atoms with van der Waals surface area (Å²) in [6.07, 6.45) is 5.08. The SMILES string of the molecule is CC(C)c1ocnc1C(=O)NC[C@H]1CCC[C@@H]1NS(C)(=O)=O. The van der Waals surface area contributed by atoms with Crippen molar-refractivity contribution in [2.24, 2.45) is 5.92 Å². The van der Waals surface area contributed by atoms with Crippen LogP contribution >= 0.6 is 0 Å². The lowest BCUT2D eigenvalue weighted by atomic mass is 10.0. The number of hydrogen-bond acceptors (Lipinski definition) is 5. The summed E-state index contributed by atoms with van der Waals surface area (Å²) >= 11 is 0. The first-order valence-corrected chi connectivity index (χ1v) is 9.36. The Morgan fingerprint density at radius 3 is 2.82 bits per heavy atom. The molecule has 8 heteroatoms. The maximum absolute atomic E-state index is 12.2. The van der Waals surface area contributed by atoms with E-state index in [1.165, 1.54) is 6.39 Å². The molecule has 1 fully saturated rings. The summed E-state index contributed by atoms with van der Waals surface area (Å²) in [7, 11) is -3.23. The molecule has 0 radical (unpaired) electrons. The van der Waals surface area contributed by atoms with E-state index in [0.29, 0.717) is 18.0 Å². The summed E-state index contributed by atoms with van der Waals surface area (Å²) in [5, 5.41) is 2.84. The number of nitrogens with zero attached hydrogens (tertiary/aromatic N) is 1. The average molecular weight is 329 g/mol. The van der Waals surface area contributed by atoms with Gasteiger partial charge in [0.05, 0.1) is 6.26 Å². The summed E-state index contributed by atoms with van der Waals surface area (Å²) in [6, 6.07) is -0.114. The normalized spacial score (nSPS) is 22.2. The molecule has 7 nitrogen and oxygen atoms in total. The highest BCUT2D eigenvalue weighted by Crippen LogP contribution is 2.26. The molecule has 0 unspecified atom stereocenters. The van der Waals surface area contributed by atoms with Gasteiger partial charge in [-0.3, -0.25) is 4.79 Å². The molecule has 1 amide bonds. The van der Waals surface area contributed by atoms with Gasteiger partial charge in [-0.1, -0.05) is 20.3 Å². The zero-order valence-electron chi connectivity index (χ0n) is 13.1. The molecule has 1 aliphatic carbocycles. The van der Waals surface area contributed by atoms with E-state index in [2.05, 4.69) is 15.0 Å². The van der Waals surface area contributed by atoms with Gasteiger partial charge in [-0.2, -0.15) is 0 Å². The van der Waals surface area contributed by atoms with Crippen LogP contribution < -0.4 is 10.0 Å². The van der Waals surface area contributed by atoms with E-state index in [9.17, 15) is 13.2 Å². The van der Waals surface area contributed by atoms with E-state index >= 15 is 0 Å². The van der Waals surface area contributed by atoms with Crippen LogP contribution in [0.4, 0.5) is 0 Å². The van der Waals surface area contributed by atoms with Crippen LogP contribution in [0.15, 0.2) is 10.8 Å². The molecule has 1 saturated carbocycles. The van der Waals surface area contributed by atoms with Crippen LogP contribution in [0.5, 0.6) is 0 Å². The molecule has 1 aromatic rings. The number of hydrogen-bond donors (Lipinski definition) is 2. The van der Waals surface area contributed by atoms with Crippen LogP contribution in [0.2, 0.25) is 0 Å². The standard InChI is InChI=1S/C14H23N3O4S/c1-9(2)13-12(16-8-21-13)14(18)15-7-10-5-4-6-11(10)17-22(3,19)20/h8-11,17H,4-7H2,1-3H3,(H,15,18)/t10-,11+/m1/s1. The van der Waals surface area contributed by atoms with Crippen LogP contribution in [0.25, 0.3) is 0 Å². The minimum atomic E-state index is -3.23. The third-order valence-corrected chi connectivity index (χ3v) is 4.61. The van der Waals surface area contributed by atoms with Crippen molar-refractivity contribution in [1.82, 2.24) is 15.0 Å². The van der Waals surface area contributed by atoms with Crippen LogP contribution in [-0.4, -0.2) is 38.2 Å². The highest BCUT2D eigenvalue weighted by Gasteiger charge is 2.30. The van der Waals surface area contributed by atoms with Gasteiger partial charge < -0.3 is 9.73 Å². The van der Waals surface area contributed by atoms with Crippen molar-refractivity contribution in [2.45, 2.75) is 45.1 Å². The molecular formula is C14H23N3O4S. The number of oxazole rings is 1. The molecule has 1 heterocycles. The van der Waals surface area contributed by atoms with E-state index in [-0.39, 0.29) is 23.8 Å². The van der Waals surface area contributed by atoms with Crippen molar-refractivity contribution >= 4 is 15.9 Å². The summed E-state index contributed by atoms with van der Waals surface area (Å²) in [4.78, 5) is 16.2. The maximum Gasteiger partial charge on any atom is 0.273 e. The van der Waals surface area contributed by atoms with E-state index in [4.69, 9.17) is 4.42 Å². The van der Waals surface area contributed by atoms with Gasteiger partial charge in [0.2, 0.25) is 10.0 Å². The zero-order valence-corrected chi connectivity index (χ0v) is 13.9. The second-order valence-electron chi connectivity index (χ2n) is 6.12. The molecule has 0 saturated heterocycles. The molecule has 2 N–H and O–H groups in total. The first-order chi connectivity index (χ1) is 10.3. The number of rotatable bonds is 6. The van der Waals surface area contributed by atoms with Gasteiger partial charge in [0.1, 0.15) is 5.76 Å². The van der Waals surface area contributed by atoms with Gasteiger partial charge in [0.25, 0.3) is 5.91 Å². The Morgan fingerprint density at radius 1 is 1.45 bits per heavy atom. The molecule has 0 aromatic carbocycles. The minimum Gasteiger partial charge on any atom is -0.447 e. The topological polar surface area (TPSA) is 101 Å². The number of nitrogens with one attached hydrogen (secondary N) is 2. The maximum atomic E-state index is 12.2.